The maximum atomic E-state index is 11.5. The first-order valence-corrected chi connectivity index (χ1v) is 7.14. The topological polar surface area (TPSA) is 43.8 Å². The van der Waals surface area contributed by atoms with E-state index in [9.17, 15) is 9.90 Å². The Morgan fingerprint density at radius 1 is 0.909 bits per heavy atom. The van der Waals surface area contributed by atoms with E-state index in [2.05, 4.69) is 0 Å². The molecule has 22 heavy (non-hydrogen) atoms. The summed E-state index contributed by atoms with van der Waals surface area (Å²) in [7, 11) is 7.81. The number of aromatic carboxylic acids is 1. The molecule has 4 nitrogen and oxygen atoms in total. The summed E-state index contributed by atoms with van der Waals surface area (Å²) in [5, 5.41) is 9.43. The van der Waals surface area contributed by atoms with Gasteiger partial charge in [-0.05, 0) is 47.9 Å². The minimum Gasteiger partial charge on any atom is -0.478 e. The van der Waals surface area contributed by atoms with Crippen LogP contribution in [0.5, 0.6) is 0 Å². The summed E-state index contributed by atoms with van der Waals surface area (Å²) < 4.78 is 0. The lowest BCUT2D eigenvalue weighted by atomic mass is 9.95. The van der Waals surface area contributed by atoms with Crippen molar-refractivity contribution in [2.24, 2.45) is 0 Å². The van der Waals surface area contributed by atoms with Crippen LogP contribution in [-0.2, 0) is 0 Å². The second-order valence-corrected chi connectivity index (χ2v) is 5.81. The van der Waals surface area contributed by atoms with Gasteiger partial charge in [0.2, 0.25) is 0 Å². The van der Waals surface area contributed by atoms with Crippen LogP contribution in [0.4, 0.5) is 11.4 Å². The summed E-state index contributed by atoms with van der Waals surface area (Å²) in [6.07, 6.45) is 0. The highest BCUT2D eigenvalue weighted by molar-refractivity contribution is 5.94. The van der Waals surface area contributed by atoms with Gasteiger partial charge >= 0.3 is 5.97 Å². The predicted molar refractivity (Wildman–Crippen MR) is 92.2 cm³/mol. The molecule has 0 atom stereocenters. The lowest BCUT2D eigenvalue weighted by molar-refractivity contribution is 0.0696. The van der Waals surface area contributed by atoms with Crippen LogP contribution in [0.2, 0.25) is 0 Å². The van der Waals surface area contributed by atoms with Crippen LogP contribution < -0.4 is 9.80 Å². The Balaban J connectivity index is 2.60. The Labute approximate surface area is 131 Å². The van der Waals surface area contributed by atoms with Crippen LogP contribution in [0.25, 0.3) is 11.1 Å². The normalized spacial score (nSPS) is 10.4. The first-order valence-electron chi connectivity index (χ1n) is 7.14. The molecule has 2 rings (SSSR count). The van der Waals surface area contributed by atoms with Gasteiger partial charge in [-0.15, -0.1) is 0 Å². The fourth-order valence-electron chi connectivity index (χ4n) is 2.42. The number of benzene rings is 2. The van der Waals surface area contributed by atoms with Crippen molar-refractivity contribution in [1.82, 2.24) is 0 Å². The molecule has 0 amide bonds. The van der Waals surface area contributed by atoms with Gasteiger partial charge in [0.05, 0.1) is 5.56 Å². The van der Waals surface area contributed by atoms with Crippen molar-refractivity contribution in [3.05, 3.63) is 47.5 Å². The van der Waals surface area contributed by atoms with Crippen LogP contribution in [0.1, 0.15) is 15.9 Å². The molecule has 0 radical (unpaired) electrons. The van der Waals surface area contributed by atoms with Gasteiger partial charge in [0.25, 0.3) is 0 Å². The number of carboxylic acids is 1. The number of carbonyl (C=O) groups is 1. The summed E-state index contributed by atoms with van der Waals surface area (Å²) in [5.74, 6) is -0.896. The summed E-state index contributed by atoms with van der Waals surface area (Å²) in [6, 6.07) is 11.9. The zero-order chi connectivity index (χ0) is 16.4. The molecule has 0 saturated carbocycles. The molecule has 0 fully saturated rings. The van der Waals surface area contributed by atoms with Crippen LogP contribution in [-0.4, -0.2) is 39.3 Å². The number of hydrogen-bond acceptors (Lipinski definition) is 3. The third kappa shape index (κ3) is 3.06. The Bertz CT molecular complexity index is 689. The number of hydrogen-bond donors (Lipinski definition) is 1. The van der Waals surface area contributed by atoms with E-state index < -0.39 is 5.97 Å². The second kappa shape index (κ2) is 6.10. The molecule has 116 valence electrons. The van der Waals surface area contributed by atoms with Crippen LogP contribution in [0.3, 0.4) is 0 Å². The van der Waals surface area contributed by atoms with Gasteiger partial charge in [-0.25, -0.2) is 4.79 Å². The van der Waals surface area contributed by atoms with Crippen molar-refractivity contribution in [3.8, 4) is 11.1 Å². The van der Waals surface area contributed by atoms with Gasteiger partial charge in [0.1, 0.15) is 0 Å². The highest BCUT2D eigenvalue weighted by Gasteiger charge is 2.15. The van der Waals surface area contributed by atoms with E-state index in [1.807, 2.05) is 75.2 Å². The van der Waals surface area contributed by atoms with Gasteiger partial charge in [-0.2, -0.15) is 0 Å². The van der Waals surface area contributed by atoms with Crippen molar-refractivity contribution in [2.45, 2.75) is 6.92 Å². The Morgan fingerprint density at radius 2 is 1.45 bits per heavy atom. The van der Waals surface area contributed by atoms with Crippen molar-refractivity contribution >= 4 is 17.3 Å². The Hall–Kier alpha value is -2.49. The van der Waals surface area contributed by atoms with Gasteiger partial charge < -0.3 is 14.9 Å². The van der Waals surface area contributed by atoms with E-state index in [-0.39, 0.29) is 0 Å². The maximum Gasteiger partial charge on any atom is 0.336 e. The first-order chi connectivity index (χ1) is 10.3. The van der Waals surface area contributed by atoms with Gasteiger partial charge in [-0.3, -0.25) is 0 Å². The van der Waals surface area contributed by atoms with Crippen LogP contribution >= 0.6 is 0 Å². The lowest BCUT2D eigenvalue weighted by Crippen LogP contribution is -2.11. The van der Waals surface area contributed by atoms with Crippen LogP contribution in [0, 0.1) is 6.92 Å². The third-order valence-electron chi connectivity index (χ3n) is 3.83. The lowest BCUT2D eigenvalue weighted by Gasteiger charge is -2.18. The van der Waals surface area contributed by atoms with Gasteiger partial charge in [0.15, 0.2) is 0 Å². The summed E-state index contributed by atoms with van der Waals surface area (Å²) in [5.41, 5.74) is 5.11. The molecule has 2 aromatic carbocycles. The Kier molecular flexibility index (Phi) is 4.40. The minimum absolute atomic E-state index is 0.345. The molecule has 0 saturated heterocycles. The zero-order valence-electron chi connectivity index (χ0n) is 13.7. The summed E-state index contributed by atoms with van der Waals surface area (Å²) in [6.45, 7) is 1.86. The highest BCUT2D eigenvalue weighted by Crippen LogP contribution is 2.31. The van der Waals surface area contributed by atoms with Crippen LogP contribution in [0.15, 0.2) is 36.4 Å². The average molecular weight is 298 g/mol. The molecule has 2 aromatic rings. The third-order valence-corrected chi connectivity index (χ3v) is 3.83. The molecular formula is C18H22N2O2. The van der Waals surface area contributed by atoms with Crippen molar-refractivity contribution in [2.75, 3.05) is 38.0 Å². The van der Waals surface area contributed by atoms with E-state index in [0.29, 0.717) is 5.56 Å². The largest absolute Gasteiger partial charge is 0.478 e. The zero-order valence-corrected chi connectivity index (χ0v) is 13.7. The standard InChI is InChI=1S/C18H22N2O2/c1-12-16(13-6-8-14(9-7-13)19(2)3)10-15(20(4)5)11-17(12)18(21)22/h6-11H,1-5H3,(H,21,22). The molecule has 0 spiro atoms. The molecule has 0 bridgehead atoms. The molecule has 4 heteroatoms. The highest BCUT2D eigenvalue weighted by atomic mass is 16.4. The molecule has 0 heterocycles. The number of carboxylic acid groups (broad SMARTS) is 1. The molecule has 0 aliphatic rings. The van der Waals surface area contributed by atoms with Gasteiger partial charge in [0, 0.05) is 39.6 Å². The number of anilines is 2. The Morgan fingerprint density at radius 3 is 1.91 bits per heavy atom. The quantitative estimate of drug-likeness (QED) is 0.938. The molecule has 0 aliphatic carbocycles. The van der Waals surface area contributed by atoms with E-state index in [1.54, 1.807) is 6.07 Å². The van der Waals surface area contributed by atoms with Crippen molar-refractivity contribution in [1.29, 1.82) is 0 Å². The number of nitrogens with zero attached hydrogens (tertiary/aromatic N) is 2. The smallest absolute Gasteiger partial charge is 0.336 e. The SMILES string of the molecule is Cc1c(C(=O)O)cc(N(C)C)cc1-c1ccc(N(C)C)cc1. The average Bonchev–Trinajstić information content (AvgIpc) is 2.47. The summed E-state index contributed by atoms with van der Waals surface area (Å²) in [4.78, 5) is 15.5. The van der Waals surface area contributed by atoms with Gasteiger partial charge in [-0.1, -0.05) is 12.1 Å². The second-order valence-electron chi connectivity index (χ2n) is 5.81. The monoisotopic (exact) mass is 298 g/mol. The fraction of sp³-hybridized carbons (Fsp3) is 0.278. The molecule has 1 N–H and O–H groups in total. The number of rotatable bonds is 4. The maximum absolute atomic E-state index is 11.5. The van der Waals surface area contributed by atoms with E-state index >= 15 is 0 Å². The van der Waals surface area contributed by atoms with E-state index in [1.165, 1.54) is 0 Å². The molecule has 0 unspecified atom stereocenters. The van der Waals surface area contributed by atoms with E-state index in [4.69, 9.17) is 0 Å². The summed E-state index contributed by atoms with van der Waals surface area (Å²) >= 11 is 0. The minimum atomic E-state index is -0.896. The first kappa shape index (κ1) is 15.9. The molecule has 0 aromatic heterocycles. The van der Waals surface area contributed by atoms with E-state index in [0.717, 1.165) is 28.1 Å². The van der Waals surface area contributed by atoms with Crippen molar-refractivity contribution in [3.63, 3.8) is 0 Å². The molecular weight excluding hydrogens is 276 g/mol. The predicted octanol–water partition coefficient (Wildman–Crippen LogP) is 3.49. The van der Waals surface area contributed by atoms with Crippen molar-refractivity contribution < 1.29 is 9.90 Å². The fourth-order valence-corrected chi connectivity index (χ4v) is 2.42. The molecule has 0 aliphatic heterocycles.